The van der Waals surface area contributed by atoms with E-state index in [1.807, 2.05) is 0 Å². The summed E-state index contributed by atoms with van der Waals surface area (Å²) < 4.78 is 53.0. The molecule has 3 heterocycles. The van der Waals surface area contributed by atoms with Gasteiger partial charge in [0.05, 0.1) is 19.3 Å². The number of guanidine groups is 1. The number of benzene rings is 1. The number of methoxy groups -OCH3 is 1. The maximum atomic E-state index is 14.4. The van der Waals surface area contributed by atoms with Gasteiger partial charge >= 0.3 is 6.09 Å². The highest BCUT2D eigenvalue weighted by molar-refractivity contribution is 7.90. The topological polar surface area (TPSA) is 139 Å². The SMILES string of the molecule is C=NN1C(NC(=O)OC(C)(C)C)=N[C@@]2(c3ccccc3)CN(c3nc(C)c(F)c(OC)n3)CC2S1(=O)=O. The quantitative estimate of drug-likeness (QED) is 0.590. The number of amides is 1. The van der Waals surface area contributed by atoms with Gasteiger partial charge in [0.1, 0.15) is 16.4 Å². The maximum absolute atomic E-state index is 14.4. The molecule has 14 heteroatoms. The molecule has 1 amide bonds. The van der Waals surface area contributed by atoms with E-state index in [2.05, 4.69) is 27.1 Å². The molecule has 2 aromatic rings. The van der Waals surface area contributed by atoms with E-state index in [9.17, 15) is 17.6 Å². The summed E-state index contributed by atoms with van der Waals surface area (Å²) in [7, 11) is -2.99. The lowest BCUT2D eigenvalue weighted by Crippen LogP contribution is -2.58. The molecule has 2 atom stereocenters. The van der Waals surface area contributed by atoms with Crippen LogP contribution < -0.4 is 15.0 Å². The Kier molecular flexibility index (Phi) is 6.56. The van der Waals surface area contributed by atoms with E-state index < -0.39 is 38.3 Å². The summed E-state index contributed by atoms with van der Waals surface area (Å²) in [5, 5.41) is 4.88. The molecule has 4 rings (SSSR count). The molecule has 1 N–H and O–H groups in total. The highest BCUT2D eigenvalue weighted by Crippen LogP contribution is 2.45. The van der Waals surface area contributed by atoms with Gasteiger partial charge in [-0.25, -0.2) is 23.2 Å². The molecule has 37 heavy (non-hydrogen) atoms. The van der Waals surface area contributed by atoms with Crippen molar-refractivity contribution >= 4 is 34.7 Å². The summed E-state index contributed by atoms with van der Waals surface area (Å²) >= 11 is 0. The van der Waals surface area contributed by atoms with Crippen molar-refractivity contribution in [1.29, 1.82) is 0 Å². The van der Waals surface area contributed by atoms with Crippen LogP contribution >= 0.6 is 0 Å². The van der Waals surface area contributed by atoms with Crippen LogP contribution in [0.4, 0.5) is 15.1 Å². The van der Waals surface area contributed by atoms with Crippen LogP contribution in [0.25, 0.3) is 0 Å². The number of hydrogen-bond donors (Lipinski definition) is 1. The molecule has 0 aliphatic carbocycles. The Hall–Kier alpha value is -3.81. The summed E-state index contributed by atoms with van der Waals surface area (Å²) in [6.07, 6.45) is -0.908. The third kappa shape index (κ3) is 4.68. The molecule has 198 valence electrons. The van der Waals surface area contributed by atoms with Crippen molar-refractivity contribution in [3.05, 3.63) is 47.4 Å². The number of alkyl carbamates (subject to hydrolysis) is 1. The Balaban J connectivity index is 1.87. The van der Waals surface area contributed by atoms with Gasteiger partial charge in [-0.1, -0.05) is 30.3 Å². The van der Waals surface area contributed by atoms with Gasteiger partial charge in [-0.05, 0) is 33.3 Å². The first-order chi connectivity index (χ1) is 17.3. The molecule has 1 saturated heterocycles. The average molecular weight is 534 g/mol. The Morgan fingerprint density at radius 2 is 1.95 bits per heavy atom. The fraction of sp³-hybridized carbons (Fsp3) is 0.435. The minimum atomic E-state index is -4.27. The van der Waals surface area contributed by atoms with Crippen LogP contribution in [0.2, 0.25) is 0 Å². The molecular formula is C23H28FN7O5S. The number of carbonyl (C=O) groups excluding carboxylic acids is 1. The lowest BCUT2D eigenvalue weighted by molar-refractivity contribution is 0.0558. The van der Waals surface area contributed by atoms with E-state index in [1.165, 1.54) is 14.0 Å². The van der Waals surface area contributed by atoms with Crippen molar-refractivity contribution in [2.75, 3.05) is 25.1 Å². The average Bonchev–Trinajstić information content (AvgIpc) is 3.22. The van der Waals surface area contributed by atoms with Crippen LogP contribution in [0.1, 0.15) is 32.0 Å². The zero-order valence-corrected chi connectivity index (χ0v) is 21.9. The molecule has 0 spiro atoms. The van der Waals surface area contributed by atoms with Gasteiger partial charge < -0.3 is 14.4 Å². The number of aliphatic imine (C=N–C) groups is 1. The number of anilines is 1. The number of rotatable bonds is 4. The van der Waals surface area contributed by atoms with Gasteiger partial charge in [-0.15, -0.1) is 4.41 Å². The molecule has 2 aliphatic heterocycles. The zero-order valence-electron chi connectivity index (χ0n) is 21.1. The second kappa shape index (κ2) is 9.25. The minimum absolute atomic E-state index is 0.000379. The predicted octanol–water partition coefficient (Wildman–Crippen LogP) is 2.16. The van der Waals surface area contributed by atoms with Gasteiger partial charge in [-0.2, -0.15) is 14.5 Å². The molecule has 1 aromatic heterocycles. The number of aromatic nitrogens is 2. The second-order valence-corrected chi connectivity index (χ2v) is 11.5. The molecule has 2 aliphatic rings. The number of sulfonamides is 1. The number of ether oxygens (including phenoxy) is 2. The number of aryl methyl sites for hydroxylation is 1. The molecular weight excluding hydrogens is 505 g/mol. The number of halogens is 1. The first-order valence-corrected chi connectivity index (χ1v) is 12.8. The first kappa shape index (κ1) is 26.3. The van der Waals surface area contributed by atoms with E-state index in [0.29, 0.717) is 9.98 Å². The van der Waals surface area contributed by atoms with Crippen LogP contribution in [0.3, 0.4) is 0 Å². The normalized spacial score (nSPS) is 22.6. The largest absolute Gasteiger partial charge is 0.479 e. The highest BCUT2D eigenvalue weighted by atomic mass is 32.2. The fourth-order valence-electron chi connectivity index (χ4n) is 4.36. The first-order valence-electron chi connectivity index (χ1n) is 11.3. The summed E-state index contributed by atoms with van der Waals surface area (Å²) in [5.41, 5.74) is -1.63. The third-order valence-corrected chi connectivity index (χ3v) is 7.93. The van der Waals surface area contributed by atoms with Crippen LogP contribution in [0.15, 0.2) is 40.4 Å². The molecule has 1 aromatic carbocycles. The molecule has 0 saturated carbocycles. The van der Waals surface area contributed by atoms with Crippen molar-refractivity contribution in [3.63, 3.8) is 0 Å². The number of fused-ring (bicyclic) bond motifs is 1. The van der Waals surface area contributed by atoms with Gasteiger partial charge in [0.2, 0.25) is 17.7 Å². The lowest BCUT2D eigenvalue weighted by Gasteiger charge is -2.38. The Labute approximate surface area is 214 Å². The highest BCUT2D eigenvalue weighted by Gasteiger charge is 2.60. The number of nitrogens with one attached hydrogen (secondary N) is 1. The van der Waals surface area contributed by atoms with Gasteiger partial charge in [0, 0.05) is 13.3 Å². The molecule has 0 bridgehead atoms. The van der Waals surface area contributed by atoms with E-state index in [4.69, 9.17) is 14.5 Å². The van der Waals surface area contributed by atoms with Crippen LogP contribution in [-0.2, 0) is 20.3 Å². The van der Waals surface area contributed by atoms with Gasteiger partial charge in [0.25, 0.3) is 15.9 Å². The summed E-state index contributed by atoms with van der Waals surface area (Å²) in [4.78, 5) is 27.3. The van der Waals surface area contributed by atoms with Crippen molar-refractivity contribution in [1.82, 2.24) is 19.7 Å². The number of hydrogen-bond acceptors (Lipinski definition) is 10. The molecule has 1 fully saturated rings. The summed E-state index contributed by atoms with van der Waals surface area (Å²) in [5.74, 6) is -1.26. The number of nitrogens with zero attached hydrogens (tertiary/aromatic N) is 6. The van der Waals surface area contributed by atoms with E-state index >= 15 is 0 Å². The lowest BCUT2D eigenvalue weighted by atomic mass is 9.89. The Morgan fingerprint density at radius 3 is 2.54 bits per heavy atom. The van der Waals surface area contributed by atoms with Gasteiger partial charge in [-0.3, -0.25) is 5.32 Å². The number of hydrazone groups is 1. The minimum Gasteiger partial charge on any atom is -0.479 e. The van der Waals surface area contributed by atoms with Gasteiger partial charge in [0.15, 0.2) is 0 Å². The monoisotopic (exact) mass is 533 g/mol. The van der Waals surface area contributed by atoms with Crippen LogP contribution in [-0.4, -0.2) is 72.6 Å². The van der Waals surface area contributed by atoms with Crippen molar-refractivity contribution in [2.45, 2.75) is 44.1 Å². The van der Waals surface area contributed by atoms with Crippen molar-refractivity contribution in [3.8, 4) is 5.88 Å². The van der Waals surface area contributed by atoms with Crippen LogP contribution in [0.5, 0.6) is 5.88 Å². The van der Waals surface area contributed by atoms with Crippen molar-refractivity contribution in [2.24, 2.45) is 10.1 Å². The second-order valence-electron chi connectivity index (χ2n) is 9.58. The van der Waals surface area contributed by atoms with Crippen molar-refractivity contribution < 1.29 is 27.1 Å². The zero-order chi connectivity index (χ0) is 27.2. The van der Waals surface area contributed by atoms with E-state index in [0.717, 1.165) is 0 Å². The van der Waals surface area contributed by atoms with Crippen LogP contribution in [0, 0.1) is 12.7 Å². The standard InChI is InChI=1S/C23H28FN7O5S/c1-14-17(24)18(35-6)27-19(26-14)30-12-16-23(13-30,15-10-8-7-9-11-15)29-20(31(25-5)37(16,33)34)28-21(32)36-22(2,3)4/h7-11,16H,5,12-13H2,1-4,6H3,(H,28,29,32)/t16?,23-/m1/s1. The Morgan fingerprint density at radius 1 is 1.27 bits per heavy atom. The van der Waals surface area contributed by atoms with E-state index in [-0.39, 0.29) is 36.6 Å². The molecule has 0 radical (unpaired) electrons. The third-order valence-electron chi connectivity index (χ3n) is 5.90. The smallest absolute Gasteiger partial charge is 0.414 e. The Bertz CT molecular complexity index is 1360. The molecule has 12 nitrogen and oxygen atoms in total. The fourth-order valence-corrected chi connectivity index (χ4v) is 6.22. The van der Waals surface area contributed by atoms with E-state index in [1.54, 1.807) is 56.0 Å². The summed E-state index contributed by atoms with van der Waals surface area (Å²) in [6, 6.07) is 8.79. The molecule has 1 unspecified atom stereocenters. The number of carbonyl (C=O) groups is 1. The maximum Gasteiger partial charge on any atom is 0.414 e. The summed E-state index contributed by atoms with van der Waals surface area (Å²) in [6.45, 7) is 9.75. The predicted molar refractivity (Wildman–Crippen MR) is 135 cm³/mol.